The summed E-state index contributed by atoms with van der Waals surface area (Å²) < 4.78 is 1.01. The Morgan fingerprint density at radius 1 is 1.14 bits per heavy atom. The number of nitrogens with zero attached hydrogens (tertiary/aromatic N) is 2. The molecule has 1 N–H and O–H groups in total. The van der Waals surface area contributed by atoms with Crippen molar-refractivity contribution in [2.45, 2.75) is 32.2 Å². The van der Waals surface area contributed by atoms with Crippen LogP contribution in [-0.2, 0) is 6.42 Å². The van der Waals surface area contributed by atoms with E-state index in [0.29, 0.717) is 5.56 Å². The number of aromatic nitrogens is 2. The number of fused-ring (bicyclic) bond motifs is 2. The maximum absolute atomic E-state index is 13.0. The van der Waals surface area contributed by atoms with Crippen LogP contribution in [0.2, 0.25) is 0 Å². The molecule has 144 valence electrons. The largest absolute Gasteiger partial charge is 0.345 e. The van der Waals surface area contributed by atoms with Gasteiger partial charge >= 0.3 is 0 Å². The van der Waals surface area contributed by atoms with Gasteiger partial charge in [0.25, 0.3) is 5.91 Å². The molecule has 2 aromatic heterocycles. The summed E-state index contributed by atoms with van der Waals surface area (Å²) in [6.45, 7) is 2.02. The van der Waals surface area contributed by atoms with E-state index in [2.05, 4.69) is 34.6 Å². The molecule has 1 aliphatic carbocycles. The van der Waals surface area contributed by atoms with E-state index < -0.39 is 0 Å². The normalized spacial score (nSPS) is 15.8. The smallest absolute Gasteiger partial charge is 0.251 e. The molecule has 5 rings (SSSR count). The third-order valence-electron chi connectivity index (χ3n) is 5.45. The molecule has 5 heteroatoms. The second-order valence-corrected chi connectivity index (χ2v) is 8.60. The molecule has 1 unspecified atom stereocenters. The lowest BCUT2D eigenvalue weighted by Gasteiger charge is -2.26. The van der Waals surface area contributed by atoms with Crippen molar-refractivity contribution in [3.63, 3.8) is 0 Å². The summed E-state index contributed by atoms with van der Waals surface area (Å²) in [4.78, 5) is 21.9. The minimum absolute atomic E-state index is 0.0271. The minimum Gasteiger partial charge on any atom is -0.345 e. The van der Waals surface area contributed by atoms with E-state index in [4.69, 9.17) is 4.98 Å². The molecule has 0 bridgehead atoms. The highest BCUT2D eigenvalue weighted by atomic mass is 32.1. The van der Waals surface area contributed by atoms with Gasteiger partial charge in [-0.25, -0.2) is 4.98 Å². The molecular formula is C24H21N3OS. The lowest BCUT2D eigenvalue weighted by molar-refractivity contribution is 0.0933. The Hall–Kier alpha value is -3.05. The molecule has 0 aliphatic heterocycles. The molecule has 0 fully saturated rings. The number of hydrogen-bond donors (Lipinski definition) is 1. The van der Waals surface area contributed by atoms with Crippen LogP contribution in [0.1, 0.15) is 45.9 Å². The first kappa shape index (κ1) is 18.0. The SMILES string of the molecule is Cc1cncc(-c2nc3ccc(C(=O)NC4CCCc5ccccc54)cc3s2)c1. The van der Waals surface area contributed by atoms with Gasteiger partial charge in [-0.05, 0) is 67.1 Å². The molecule has 4 nitrogen and oxygen atoms in total. The van der Waals surface area contributed by atoms with Crippen LogP contribution in [0.4, 0.5) is 0 Å². The number of carbonyl (C=O) groups is 1. The third kappa shape index (κ3) is 3.54. The molecule has 0 saturated heterocycles. The molecule has 2 heterocycles. The molecule has 2 aromatic carbocycles. The first-order valence-corrected chi connectivity index (χ1v) is 10.7. The lowest BCUT2D eigenvalue weighted by Crippen LogP contribution is -2.30. The van der Waals surface area contributed by atoms with Crippen molar-refractivity contribution in [3.8, 4) is 10.6 Å². The Kier molecular flexibility index (Phi) is 4.60. The van der Waals surface area contributed by atoms with Crippen molar-refractivity contribution in [3.05, 3.63) is 83.2 Å². The maximum Gasteiger partial charge on any atom is 0.251 e. The predicted octanol–water partition coefficient (Wildman–Crippen LogP) is 5.47. The summed E-state index contributed by atoms with van der Waals surface area (Å²) >= 11 is 1.59. The van der Waals surface area contributed by atoms with Crippen LogP contribution in [-0.4, -0.2) is 15.9 Å². The van der Waals surface area contributed by atoms with Crippen LogP contribution in [0, 0.1) is 6.92 Å². The van der Waals surface area contributed by atoms with E-state index in [1.54, 1.807) is 11.3 Å². The van der Waals surface area contributed by atoms with Gasteiger partial charge in [0.2, 0.25) is 0 Å². The number of rotatable bonds is 3. The first-order chi connectivity index (χ1) is 14.2. The van der Waals surface area contributed by atoms with Crippen LogP contribution in [0.5, 0.6) is 0 Å². The van der Waals surface area contributed by atoms with Crippen LogP contribution >= 0.6 is 11.3 Å². The Balaban J connectivity index is 1.41. The number of pyridine rings is 1. The summed E-state index contributed by atoms with van der Waals surface area (Å²) in [7, 11) is 0. The van der Waals surface area contributed by atoms with Crippen LogP contribution in [0.3, 0.4) is 0 Å². The summed E-state index contributed by atoms with van der Waals surface area (Å²) in [5.74, 6) is -0.0271. The molecule has 1 aliphatic rings. The van der Waals surface area contributed by atoms with E-state index in [0.717, 1.165) is 45.6 Å². The topological polar surface area (TPSA) is 54.9 Å². The van der Waals surface area contributed by atoms with Crippen molar-refractivity contribution < 1.29 is 4.79 Å². The standard InChI is InChI=1S/C24H21N3OS/c1-15-11-18(14-25-13-15)24-27-21-10-9-17(12-22(21)29-24)23(28)26-20-8-4-6-16-5-2-3-7-19(16)20/h2-3,5,7,9-14,20H,4,6,8H2,1H3,(H,26,28). The average molecular weight is 400 g/mol. The van der Waals surface area contributed by atoms with Gasteiger partial charge in [0.15, 0.2) is 0 Å². The summed E-state index contributed by atoms with van der Waals surface area (Å²) in [6.07, 6.45) is 6.84. The Morgan fingerprint density at radius 3 is 2.93 bits per heavy atom. The van der Waals surface area contributed by atoms with Crippen LogP contribution in [0.25, 0.3) is 20.8 Å². The minimum atomic E-state index is -0.0271. The van der Waals surface area contributed by atoms with E-state index in [1.165, 1.54) is 11.1 Å². The zero-order valence-corrected chi connectivity index (χ0v) is 17.0. The van der Waals surface area contributed by atoms with Gasteiger partial charge in [0.05, 0.1) is 16.3 Å². The zero-order valence-electron chi connectivity index (χ0n) is 16.2. The number of aryl methyl sites for hydroxylation is 2. The monoisotopic (exact) mass is 399 g/mol. The van der Waals surface area contributed by atoms with Gasteiger partial charge in [-0.2, -0.15) is 0 Å². The fourth-order valence-electron chi connectivity index (χ4n) is 4.01. The molecule has 0 radical (unpaired) electrons. The van der Waals surface area contributed by atoms with E-state index in [9.17, 15) is 4.79 Å². The fraction of sp³-hybridized carbons (Fsp3) is 0.208. The molecular weight excluding hydrogens is 378 g/mol. The molecule has 4 aromatic rings. The number of hydrogen-bond acceptors (Lipinski definition) is 4. The molecule has 0 saturated carbocycles. The maximum atomic E-state index is 13.0. The molecule has 0 spiro atoms. The van der Waals surface area contributed by atoms with E-state index in [1.807, 2.05) is 43.6 Å². The quantitative estimate of drug-likeness (QED) is 0.497. The summed E-state index contributed by atoms with van der Waals surface area (Å²) in [5.41, 5.74) is 6.30. The van der Waals surface area contributed by atoms with Gasteiger partial charge in [-0.15, -0.1) is 11.3 Å². The molecule has 29 heavy (non-hydrogen) atoms. The number of amides is 1. The Labute approximate surface area is 173 Å². The Bertz CT molecular complexity index is 1210. The Morgan fingerprint density at radius 2 is 2.03 bits per heavy atom. The predicted molar refractivity (Wildman–Crippen MR) is 117 cm³/mol. The molecule has 1 amide bonds. The highest BCUT2D eigenvalue weighted by Gasteiger charge is 2.22. The van der Waals surface area contributed by atoms with Crippen molar-refractivity contribution in [2.75, 3.05) is 0 Å². The van der Waals surface area contributed by atoms with Gasteiger partial charge in [0.1, 0.15) is 5.01 Å². The zero-order chi connectivity index (χ0) is 19.8. The highest BCUT2D eigenvalue weighted by molar-refractivity contribution is 7.21. The molecule has 1 atom stereocenters. The number of nitrogens with one attached hydrogen (secondary N) is 1. The van der Waals surface area contributed by atoms with Gasteiger partial charge in [-0.1, -0.05) is 24.3 Å². The van der Waals surface area contributed by atoms with Gasteiger partial charge < -0.3 is 5.32 Å². The number of thiazole rings is 1. The summed E-state index contributed by atoms with van der Waals surface area (Å²) in [6, 6.07) is 16.3. The average Bonchev–Trinajstić information content (AvgIpc) is 3.17. The van der Waals surface area contributed by atoms with Crippen LogP contribution < -0.4 is 5.32 Å². The van der Waals surface area contributed by atoms with Crippen molar-refractivity contribution in [1.82, 2.24) is 15.3 Å². The third-order valence-corrected chi connectivity index (χ3v) is 6.51. The van der Waals surface area contributed by atoms with Crippen LogP contribution in [0.15, 0.2) is 60.9 Å². The van der Waals surface area contributed by atoms with Crippen molar-refractivity contribution >= 4 is 27.5 Å². The van der Waals surface area contributed by atoms with Crippen molar-refractivity contribution in [2.24, 2.45) is 0 Å². The first-order valence-electron chi connectivity index (χ1n) is 9.89. The number of benzene rings is 2. The number of carbonyl (C=O) groups excluding carboxylic acids is 1. The summed E-state index contributed by atoms with van der Waals surface area (Å²) in [5, 5.41) is 4.16. The van der Waals surface area contributed by atoms with E-state index >= 15 is 0 Å². The van der Waals surface area contributed by atoms with E-state index in [-0.39, 0.29) is 11.9 Å². The van der Waals surface area contributed by atoms with Gasteiger partial charge in [0, 0.05) is 23.5 Å². The highest BCUT2D eigenvalue weighted by Crippen LogP contribution is 2.32. The van der Waals surface area contributed by atoms with Crippen molar-refractivity contribution in [1.29, 1.82) is 0 Å². The van der Waals surface area contributed by atoms with Gasteiger partial charge in [-0.3, -0.25) is 9.78 Å². The lowest BCUT2D eigenvalue weighted by atomic mass is 9.87. The second-order valence-electron chi connectivity index (χ2n) is 7.57. The fourth-order valence-corrected chi connectivity index (χ4v) is 4.99. The second kappa shape index (κ2) is 7.41.